The monoisotopic (exact) mass is 163 g/mol. The third-order valence-corrected chi connectivity index (χ3v) is 2.06. The Morgan fingerprint density at radius 1 is 1.70 bits per heavy atom. The lowest BCUT2D eigenvalue weighted by molar-refractivity contribution is -0.109. The number of carbonyl (C=O) groups is 1. The molecule has 10 heavy (non-hydrogen) atoms. The first-order chi connectivity index (χ1) is 4.70. The Labute approximate surface area is 63.6 Å². The van der Waals surface area contributed by atoms with Crippen LogP contribution in [0.15, 0.2) is 0 Å². The molecule has 0 amide bonds. The van der Waals surface area contributed by atoms with E-state index in [0.717, 1.165) is 6.29 Å². The van der Waals surface area contributed by atoms with Crippen LogP contribution in [-0.2, 0) is 15.6 Å². The highest BCUT2D eigenvalue weighted by atomic mass is 32.2. The van der Waals surface area contributed by atoms with E-state index in [4.69, 9.17) is 0 Å². The van der Waals surface area contributed by atoms with Crippen molar-refractivity contribution in [2.75, 3.05) is 19.1 Å². The van der Waals surface area contributed by atoms with E-state index in [9.17, 15) is 9.00 Å². The minimum absolute atomic E-state index is 0.135. The number of rotatable bonds is 5. The molecular weight excluding hydrogens is 150 g/mol. The molecule has 0 spiro atoms. The van der Waals surface area contributed by atoms with E-state index < -0.39 is 10.8 Å². The lowest BCUT2D eigenvalue weighted by Gasteiger charge is -2.05. The van der Waals surface area contributed by atoms with Crippen LogP contribution in [0.4, 0.5) is 0 Å². The molecule has 0 rings (SSSR count). The Bertz CT molecular complexity index is 127. The number of nitrogens with one attached hydrogen (secondary N) is 1. The highest BCUT2D eigenvalue weighted by molar-refractivity contribution is 7.84. The molecule has 0 heterocycles. The van der Waals surface area contributed by atoms with Crippen LogP contribution >= 0.6 is 0 Å². The molecule has 0 aromatic carbocycles. The van der Waals surface area contributed by atoms with Crippen LogP contribution in [0, 0.1) is 0 Å². The van der Waals surface area contributed by atoms with Crippen molar-refractivity contribution in [3.8, 4) is 0 Å². The molecule has 0 radical (unpaired) electrons. The SMILES string of the molecule is CN[C@H](C=O)CCS(C)=O. The van der Waals surface area contributed by atoms with Crippen molar-refractivity contribution in [1.82, 2.24) is 5.32 Å². The standard InChI is InChI=1S/C6H13NO2S/c1-7-6(5-8)3-4-10(2)9/h5-7H,3-4H2,1-2H3/t6-,10?/m0/s1. The molecular formula is C6H13NO2S. The summed E-state index contributed by atoms with van der Waals surface area (Å²) in [6.07, 6.45) is 3.13. The predicted molar refractivity (Wildman–Crippen MR) is 42.5 cm³/mol. The highest BCUT2D eigenvalue weighted by Gasteiger charge is 2.03. The molecule has 2 atom stereocenters. The van der Waals surface area contributed by atoms with Gasteiger partial charge in [0.15, 0.2) is 0 Å². The second-order valence-corrected chi connectivity index (χ2v) is 3.65. The number of carbonyl (C=O) groups excluding carboxylic acids is 1. The molecule has 0 aliphatic carbocycles. The summed E-state index contributed by atoms with van der Waals surface area (Å²) in [5.74, 6) is 0.588. The molecule has 0 aromatic heterocycles. The van der Waals surface area contributed by atoms with Gasteiger partial charge in [0.05, 0.1) is 6.04 Å². The first-order valence-corrected chi connectivity index (χ1v) is 4.86. The van der Waals surface area contributed by atoms with E-state index in [-0.39, 0.29) is 6.04 Å². The van der Waals surface area contributed by atoms with E-state index >= 15 is 0 Å². The fourth-order valence-corrected chi connectivity index (χ4v) is 1.16. The average Bonchev–Trinajstić information content (AvgIpc) is 1.90. The third kappa shape index (κ3) is 4.64. The van der Waals surface area contributed by atoms with Crippen molar-refractivity contribution < 1.29 is 9.00 Å². The van der Waals surface area contributed by atoms with E-state index in [2.05, 4.69) is 5.32 Å². The van der Waals surface area contributed by atoms with Gasteiger partial charge in [-0.15, -0.1) is 0 Å². The summed E-state index contributed by atoms with van der Waals surface area (Å²) < 4.78 is 10.5. The van der Waals surface area contributed by atoms with Crippen LogP contribution in [0.25, 0.3) is 0 Å². The molecule has 3 nitrogen and oxygen atoms in total. The summed E-state index contributed by atoms with van der Waals surface area (Å²) in [4.78, 5) is 10.2. The van der Waals surface area contributed by atoms with E-state index in [0.29, 0.717) is 12.2 Å². The zero-order valence-electron chi connectivity index (χ0n) is 6.29. The Kier molecular flexibility index (Phi) is 5.43. The second kappa shape index (κ2) is 5.56. The maximum absolute atomic E-state index is 10.5. The summed E-state index contributed by atoms with van der Waals surface area (Å²) in [5, 5.41) is 2.80. The Balaban J connectivity index is 3.44. The van der Waals surface area contributed by atoms with Crippen molar-refractivity contribution in [2.45, 2.75) is 12.5 Å². The number of aldehydes is 1. The fraction of sp³-hybridized carbons (Fsp3) is 0.833. The van der Waals surface area contributed by atoms with Gasteiger partial charge in [0, 0.05) is 22.8 Å². The summed E-state index contributed by atoms with van der Waals surface area (Å²) in [6.45, 7) is 0. The molecule has 1 N–H and O–H groups in total. The van der Waals surface area contributed by atoms with Gasteiger partial charge in [0.1, 0.15) is 6.29 Å². The van der Waals surface area contributed by atoms with Gasteiger partial charge in [-0.3, -0.25) is 4.21 Å². The predicted octanol–water partition coefficient (Wildman–Crippen LogP) is -0.458. The molecule has 0 aliphatic heterocycles. The van der Waals surface area contributed by atoms with E-state index in [1.54, 1.807) is 13.3 Å². The maximum atomic E-state index is 10.5. The lowest BCUT2D eigenvalue weighted by atomic mass is 10.3. The van der Waals surface area contributed by atoms with Crippen LogP contribution in [0.2, 0.25) is 0 Å². The Hall–Kier alpha value is -0.220. The van der Waals surface area contributed by atoms with Gasteiger partial charge in [-0.05, 0) is 13.5 Å². The van der Waals surface area contributed by atoms with Gasteiger partial charge in [-0.25, -0.2) is 0 Å². The van der Waals surface area contributed by atoms with Crippen molar-refractivity contribution in [3.05, 3.63) is 0 Å². The van der Waals surface area contributed by atoms with Crippen LogP contribution in [0.1, 0.15) is 6.42 Å². The van der Waals surface area contributed by atoms with Crippen LogP contribution in [-0.4, -0.2) is 35.6 Å². The minimum atomic E-state index is -0.788. The third-order valence-electron chi connectivity index (χ3n) is 1.25. The van der Waals surface area contributed by atoms with Crippen molar-refractivity contribution >= 4 is 17.1 Å². The van der Waals surface area contributed by atoms with Crippen molar-refractivity contribution in [1.29, 1.82) is 0 Å². The minimum Gasteiger partial charge on any atom is -0.311 e. The largest absolute Gasteiger partial charge is 0.311 e. The lowest BCUT2D eigenvalue weighted by Crippen LogP contribution is -2.28. The van der Waals surface area contributed by atoms with Gasteiger partial charge in [-0.1, -0.05) is 0 Å². The van der Waals surface area contributed by atoms with E-state index in [1.165, 1.54) is 0 Å². The van der Waals surface area contributed by atoms with E-state index in [1.807, 2.05) is 0 Å². The molecule has 0 fully saturated rings. The molecule has 0 aromatic rings. The van der Waals surface area contributed by atoms with Gasteiger partial charge < -0.3 is 10.1 Å². The van der Waals surface area contributed by atoms with Crippen LogP contribution in [0.3, 0.4) is 0 Å². The van der Waals surface area contributed by atoms with Crippen LogP contribution < -0.4 is 5.32 Å². The molecule has 4 heteroatoms. The molecule has 60 valence electrons. The molecule has 0 saturated heterocycles. The topological polar surface area (TPSA) is 46.2 Å². The fourth-order valence-electron chi connectivity index (χ4n) is 0.573. The summed E-state index contributed by atoms with van der Waals surface area (Å²) >= 11 is 0. The Morgan fingerprint density at radius 3 is 2.60 bits per heavy atom. The highest BCUT2D eigenvalue weighted by Crippen LogP contribution is 1.88. The smallest absolute Gasteiger partial charge is 0.136 e. The first-order valence-electron chi connectivity index (χ1n) is 3.13. The second-order valence-electron chi connectivity index (χ2n) is 2.10. The molecule has 0 aliphatic rings. The number of likely N-dealkylation sites (N-methyl/N-ethyl adjacent to an activating group) is 1. The first kappa shape index (κ1) is 9.78. The van der Waals surface area contributed by atoms with Gasteiger partial charge in [0.25, 0.3) is 0 Å². The van der Waals surface area contributed by atoms with Crippen molar-refractivity contribution in [3.63, 3.8) is 0 Å². The molecule has 0 saturated carbocycles. The summed E-state index contributed by atoms with van der Waals surface area (Å²) in [5.41, 5.74) is 0. The molecule has 1 unspecified atom stereocenters. The van der Waals surface area contributed by atoms with Gasteiger partial charge in [0.2, 0.25) is 0 Å². The van der Waals surface area contributed by atoms with Crippen LogP contribution in [0.5, 0.6) is 0 Å². The maximum Gasteiger partial charge on any atom is 0.136 e. The zero-order valence-corrected chi connectivity index (χ0v) is 7.11. The van der Waals surface area contributed by atoms with Crippen molar-refractivity contribution in [2.24, 2.45) is 0 Å². The normalized spacial score (nSPS) is 16.2. The van der Waals surface area contributed by atoms with Gasteiger partial charge in [-0.2, -0.15) is 0 Å². The zero-order chi connectivity index (χ0) is 7.98. The number of hydrogen-bond donors (Lipinski definition) is 1. The number of hydrogen-bond acceptors (Lipinski definition) is 3. The van der Waals surface area contributed by atoms with Gasteiger partial charge >= 0.3 is 0 Å². The summed E-state index contributed by atoms with van der Waals surface area (Å²) in [6, 6.07) is -0.135. The average molecular weight is 163 g/mol. The molecule has 0 bridgehead atoms. The summed E-state index contributed by atoms with van der Waals surface area (Å²) in [7, 11) is 0.932. The quantitative estimate of drug-likeness (QED) is 0.558. The Morgan fingerprint density at radius 2 is 2.30 bits per heavy atom.